The van der Waals surface area contributed by atoms with Crippen molar-refractivity contribution in [3.05, 3.63) is 59.9 Å². The summed E-state index contributed by atoms with van der Waals surface area (Å²) in [7, 11) is -3.49. The molecule has 25 heavy (non-hydrogen) atoms. The highest BCUT2D eigenvalue weighted by atomic mass is 32.2. The van der Waals surface area contributed by atoms with Crippen LogP contribution in [0, 0.1) is 5.82 Å². The molecule has 5 nitrogen and oxygen atoms in total. The summed E-state index contributed by atoms with van der Waals surface area (Å²) < 4.78 is 40.4. The molecular weight excluding hydrogens is 341 g/mol. The Morgan fingerprint density at radius 1 is 1.08 bits per heavy atom. The van der Waals surface area contributed by atoms with Gasteiger partial charge in [-0.2, -0.15) is 4.31 Å². The summed E-state index contributed by atoms with van der Waals surface area (Å²) in [6.45, 7) is 1.34. The number of nitrogen functional groups attached to an aromatic ring is 1. The number of sulfonamides is 1. The second-order valence-electron chi connectivity index (χ2n) is 6.22. The number of hydrogen-bond acceptors (Lipinski definition) is 4. The van der Waals surface area contributed by atoms with Gasteiger partial charge < -0.3 is 11.1 Å². The van der Waals surface area contributed by atoms with Gasteiger partial charge in [0, 0.05) is 36.9 Å². The molecule has 0 radical (unpaired) electrons. The molecule has 0 amide bonds. The molecule has 1 heterocycles. The second kappa shape index (κ2) is 7.51. The summed E-state index contributed by atoms with van der Waals surface area (Å²) >= 11 is 0. The van der Waals surface area contributed by atoms with Crippen LogP contribution in [0.25, 0.3) is 0 Å². The number of benzene rings is 2. The van der Waals surface area contributed by atoms with Crippen molar-refractivity contribution in [3.63, 3.8) is 0 Å². The normalized spacial score (nSPS) is 16.8. The van der Waals surface area contributed by atoms with Crippen LogP contribution in [-0.4, -0.2) is 31.9 Å². The fourth-order valence-corrected chi connectivity index (χ4v) is 4.45. The van der Waals surface area contributed by atoms with Gasteiger partial charge in [-0.3, -0.25) is 0 Å². The molecule has 0 aromatic heterocycles. The average molecular weight is 363 g/mol. The van der Waals surface area contributed by atoms with E-state index >= 15 is 0 Å². The summed E-state index contributed by atoms with van der Waals surface area (Å²) in [5.74, 6) is -0.224. The monoisotopic (exact) mass is 363 g/mol. The van der Waals surface area contributed by atoms with Crippen LogP contribution in [-0.2, 0) is 16.6 Å². The third-order valence-corrected chi connectivity index (χ3v) is 6.42. The topological polar surface area (TPSA) is 75.4 Å². The minimum absolute atomic E-state index is 0.178. The first-order valence-electron chi connectivity index (χ1n) is 8.29. The molecule has 0 unspecified atom stereocenters. The van der Waals surface area contributed by atoms with Gasteiger partial charge in [0.2, 0.25) is 10.0 Å². The van der Waals surface area contributed by atoms with E-state index in [0.717, 1.165) is 0 Å². The van der Waals surface area contributed by atoms with Gasteiger partial charge in [-0.1, -0.05) is 18.2 Å². The zero-order valence-electron chi connectivity index (χ0n) is 13.9. The molecule has 0 saturated carbocycles. The Bertz CT molecular complexity index is 816. The summed E-state index contributed by atoms with van der Waals surface area (Å²) in [5.41, 5.74) is 6.78. The summed E-state index contributed by atoms with van der Waals surface area (Å²) in [6, 6.07) is 13.1. The number of nitrogens with one attached hydrogen (secondary N) is 1. The van der Waals surface area contributed by atoms with Crippen LogP contribution in [0.2, 0.25) is 0 Å². The Kier molecular flexibility index (Phi) is 5.36. The number of piperidine rings is 1. The van der Waals surface area contributed by atoms with Crippen molar-refractivity contribution in [2.75, 3.05) is 18.8 Å². The third-order valence-electron chi connectivity index (χ3n) is 4.51. The third kappa shape index (κ3) is 4.18. The number of hydrogen-bond donors (Lipinski definition) is 2. The van der Waals surface area contributed by atoms with Crippen molar-refractivity contribution >= 4 is 15.7 Å². The number of nitrogens with zero attached hydrogens (tertiary/aromatic N) is 1. The Morgan fingerprint density at radius 2 is 1.72 bits per heavy atom. The van der Waals surface area contributed by atoms with Crippen molar-refractivity contribution < 1.29 is 12.8 Å². The standard InChI is InChI=1S/C18H22FN3O2S/c19-18-4-2-1-3-14(18)13-21-16-9-11-22(12-10-16)25(23,24)17-7-5-15(20)6-8-17/h1-8,16,21H,9-13,20H2. The molecule has 0 aliphatic carbocycles. The first-order chi connectivity index (χ1) is 12.0. The molecule has 7 heteroatoms. The van der Waals surface area contributed by atoms with E-state index < -0.39 is 10.0 Å². The zero-order chi connectivity index (χ0) is 17.9. The highest BCUT2D eigenvalue weighted by molar-refractivity contribution is 7.89. The Hall–Kier alpha value is -1.96. The molecule has 0 spiro atoms. The predicted octanol–water partition coefficient (Wildman–Crippen LogP) is 2.35. The molecule has 2 aromatic carbocycles. The number of rotatable bonds is 5. The smallest absolute Gasteiger partial charge is 0.243 e. The Balaban J connectivity index is 1.56. The van der Waals surface area contributed by atoms with Gasteiger partial charge >= 0.3 is 0 Å². The van der Waals surface area contributed by atoms with Crippen LogP contribution in [0.15, 0.2) is 53.4 Å². The fourth-order valence-electron chi connectivity index (χ4n) is 2.99. The minimum atomic E-state index is -3.49. The first-order valence-corrected chi connectivity index (χ1v) is 9.73. The van der Waals surface area contributed by atoms with Gasteiger partial charge in [0.15, 0.2) is 0 Å². The second-order valence-corrected chi connectivity index (χ2v) is 8.16. The Morgan fingerprint density at radius 3 is 2.36 bits per heavy atom. The minimum Gasteiger partial charge on any atom is -0.399 e. The van der Waals surface area contributed by atoms with Crippen molar-refractivity contribution in [3.8, 4) is 0 Å². The zero-order valence-corrected chi connectivity index (χ0v) is 14.7. The molecular formula is C18H22FN3O2S. The van der Waals surface area contributed by atoms with Crippen molar-refractivity contribution in [1.82, 2.24) is 9.62 Å². The van der Waals surface area contributed by atoms with Crippen molar-refractivity contribution in [2.45, 2.75) is 30.3 Å². The van der Waals surface area contributed by atoms with Crippen LogP contribution in [0.4, 0.5) is 10.1 Å². The molecule has 1 aliphatic rings. The van der Waals surface area contributed by atoms with E-state index in [2.05, 4.69) is 5.32 Å². The lowest BCUT2D eigenvalue weighted by Crippen LogP contribution is -2.44. The van der Waals surface area contributed by atoms with Gasteiger partial charge in [-0.25, -0.2) is 12.8 Å². The van der Waals surface area contributed by atoms with Gasteiger partial charge in [-0.15, -0.1) is 0 Å². The van der Waals surface area contributed by atoms with Crippen LogP contribution in [0.1, 0.15) is 18.4 Å². The average Bonchev–Trinajstić information content (AvgIpc) is 2.62. The molecule has 0 bridgehead atoms. The van der Waals surface area contributed by atoms with E-state index in [0.29, 0.717) is 43.7 Å². The lowest BCUT2D eigenvalue weighted by atomic mass is 10.1. The predicted molar refractivity (Wildman–Crippen MR) is 95.9 cm³/mol. The summed E-state index contributed by atoms with van der Waals surface area (Å²) in [5, 5.41) is 3.32. The number of nitrogens with two attached hydrogens (primary N) is 1. The highest BCUT2D eigenvalue weighted by Gasteiger charge is 2.29. The Labute approximate surface area is 147 Å². The maximum Gasteiger partial charge on any atom is 0.243 e. The van der Waals surface area contributed by atoms with E-state index in [-0.39, 0.29) is 16.8 Å². The van der Waals surface area contributed by atoms with E-state index in [4.69, 9.17) is 5.73 Å². The number of halogens is 1. The SMILES string of the molecule is Nc1ccc(S(=O)(=O)N2CCC(NCc3ccccc3F)CC2)cc1. The van der Waals surface area contributed by atoms with Crippen molar-refractivity contribution in [1.29, 1.82) is 0 Å². The van der Waals surface area contributed by atoms with Crippen LogP contribution in [0.3, 0.4) is 0 Å². The van der Waals surface area contributed by atoms with Crippen molar-refractivity contribution in [2.24, 2.45) is 0 Å². The molecule has 2 aromatic rings. The highest BCUT2D eigenvalue weighted by Crippen LogP contribution is 2.22. The number of anilines is 1. The molecule has 3 rings (SSSR count). The fraction of sp³-hybridized carbons (Fsp3) is 0.333. The summed E-state index contributed by atoms with van der Waals surface area (Å²) in [6.07, 6.45) is 1.39. The largest absolute Gasteiger partial charge is 0.399 e. The summed E-state index contributed by atoms with van der Waals surface area (Å²) in [4.78, 5) is 0.263. The van der Waals surface area contributed by atoms with E-state index in [1.807, 2.05) is 6.07 Å². The van der Waals surface area contributed by atoms with E-state index in [1.165, 1.54) is 22.5 Å². The van der Waals surface area contributed by atoms with E-state index in [9.17, 15) is 12.8 Å². The van der Waals surface area contributed by atoms with Crippen LogP contribution < -0.4 is 11.1 Å². The first kappa shape index (κ1) is 17.8. The molecule has 1 saturated heterocycles. The maximum absolute atomic E-state index is 13.6. The lowest BCUT2D eigenvalue weighted by molar-refractivity contribution is 0.288. The van der Waals surface area contributed by atoms with Gasteiger partial charge in [0.1, 0.15) is 5.82 Å². The van der Waals surface area contributed by atoms with Gasteiger partial charge in [-0.05, 0) is 43.2 Å². The van der Waals surface area contributed by atoms with Gasteiger partial charge in [0.05, 0.1) is 4.90 Å². The lowest BCUT2D eigenvalue weighted by Gasteiger charge is -2.31. The molecule has 1 fully saturated rings. The van der Waals surface area contributed by atoms with Gasteiger partial charge in [0.25, 0.3) is 0 Å². The maximum atomic E-state index is 13.6. The van der Waals surface area contributed by atoms with E-state index in [1.54, 1.807) is 24.3 Å². The quantitative estimate of drug-likeness (QED) is 0.800. The molecule has 0 atom stereocenters. The molecule has 134 valence electrons. The molecule has 3 N–H and O–H groups in total. The van der Waals surface area contributed by atoms with Crippen LogP contribution >= 0.6 is 0 Å². The molecule has 1 aliphatic heterocycles. The van der Waals surface area contributed by atoms with Crippen LogP contribution in [0.5, 0.6) is 0 Å².